The van der Waals surface area contributed by atoms with E-state index >= 15 is 0 Å². The second kappa shape index (κ2) is 6.43. The number of rotatable bonds is 4. The lowest BCUT2D eigenvalue weighted by Gasteiger charge is -2.19. The lowest BCUT2D eigenvalue weighted by atomic mass is 10.1. The van der Waals surface area contributed by atoms with Crippen LogP contribution in [0.3, 0.4) is 0 Å². The second-order valence-corrected chi connectivity index (χ2v) is 5.29. The molecule has 0 spiro atoms. The summed E-state index contributed by atoms with van der Waals surface area (Å²) in [5, 5.41) is 0. The molecule has 0 aliphatic rings. The van der Waals surface area contributed by atoms with Crippen LogP contribution in [0.15, 0.2) is 18.2 Å². The number of ether oxygens (including phenoxy) is 2. The van der Waals surface area contributed by atoms with Crippen LogP contribution in [0.4, 0.5) is 17.6 Å². The van der Waals surface area contributed by atoms with E-state index in [0.29, 0.717) is 12.1 Å². The van der Waals surface area contributed by atoms with E-state index < -0.39 is 29.1 Å². The zero-order chi connectivity index (χ0) is 16.3. The van der Waals surface area contributed by atoms with Gasteiger partial charge in [0.05, 0.1) is 23.3 Å². The first-order valence-electron chi connectivity index (χ1n) is 6.18. The van der Waals surface area contributed by atoms with Crippen LogP contribution in [-0.2, 0) is 15.7 Å². The van der Waals surface area contributed by atoms with E-state index in [1.807, 2.05) is 20.8 Å². The number of hydrogen-bond acceptors (Lipinski definition) is 3. The van der Waals surface area contributed by atoms with Gasteiger partial charge in [0.15, 0.2) is 0 Å². The van der Waals surface area contributed by atoms with Crippen LogP contribution < -0.4 is 0 Å². The van der Waals surface area contributed by atoms with Crippen LogP contribution in [0.25, 0.3) is 0 Å². The highest BCUT2D eigenvalue weighted by molar-refractivity contribution is 5.89. The molecule has 0 bridgehead atoms. The molecule has 0 saturated heterocycles. The van der Waals surface area contributed by atoms with Crippen molar-refractivity contribution in [1.82, 2.24) is 0 Å². The van der Waals surface area contributed by atoms with Crippen LogP contribution in [-0.4, -0.2) is 24.8 Å². The Labute approximate surface area is 119 Å². The number of alkyl halides is 3. The summed E-state index contributed by atoms with van der Waals surface area (Å²) in [6.45, 7) is 5.44. The molecule has 21 heavy (non-hydrogen) atoms. The molecule has 0 aromatic heterocycles. The Morgan fingerprint density at radius 3 is 2.29 bits per heavy atom. The smallest absolute Gasteiger partial charge is 0.419 e. The third kappa shape index (κ3) is 5.71. The zero-order valence-corrected chi connectivity index (χ0v) is 11.9. The summed E-state index contributed by atoms with van der Waals surface area (Å²) < 4.78 is 60.7. The summed E-state index contributed by atoms with van der Waals surface area (Å²) in [7, 11) is 0. The highest BCUT2D eigenvalue weighted by atomic mass is 19.4. The Kier molecular flexibility index (Phi) is 5.33. The Bertz CT molecular complexity index is 504. The summed E-state index contributed by atoms with van der Waals surface area (Å²) in [6, 6.07) is 1.96. The Morgan fingerprint density at radius 2 is 1.76 bits per heavy atom. The Hall–Kier alpha value is -1.63. The van der Waals surface area contributed by atoms with Gasteiger partial charge in [-0.05, 0) is 39.0 Å². The minimum absolute atomic E-state index is 0.102. The van der Waals surface area contributed by atoms with Gasteiger partial charge in [-0.1, -0.05) is 0 Å². The van der Waals surface area contributed by atoms with Crippen LogP contribution in [0, 0.1) is 5.82 Å². The topological polar surface area (TPSA) is 35.5 Å². The monoisotopic (exact) mass is 308 g/mol. The van der Waals surface area contributed by atoms with E-state index in [-0.39, 0.29) is 18.8 Å². The standard InChI is InChI=1S/C14H16F4O3/c1-13(2,3)21-7-6-20-12(19)9-4-5-11(15)10(8-9)14(16,17)18/h4-5,8H,6-7H2,1-3H3. The molecule has 118 valence electrons. The van der Waals surface area contributed by atoms with Gasteiger partial charge < -0.3 is 9.47 Å². The highest BCUT2D eigenvalue weighted by Gasteiger charge is 2.34. The molecule has 0 aliphatic heterocycles. The number of benzene rings is 1. The molecule has 3 nitrogen and oxygen atoms in total. The van der Waals surface area contributed by atoms with Crippen molar-refractivity contribution >= 4 is 5.97 Å². The van der Waals surface area contributed by atoms with Gasteiger partial charge in [-0.25, -0.2) is 9.18 Å². The van der Waals surface area contributed by atoms with Crippen molar-refractivity contribution in [3.8, 4) is 0 Å². The van der Waals surface area contributed by atoms with Gasteiger partial charge >= 0.3 is 12.1 Å². The molecule has 0 radical (unpaired) electrons. The average molecular weight is 308 g/mol. The Morgan fingerprint density at radius 1 is 1.14 bits per heavy atom. The van der Waals surface area contributed by atoms with Crippen molar-refractivity contribution in [2.45, 2.75) is 32.5 Å². The first-order chi connectivity index (χ1) is 9.50. The third-order valence-corrected chi connectivity index (χ3v) is 2.36. The molecule has 0 amide bonds. The van der Waals surface area contributed by atoms with Gasteiger partial charge in [0.1, 0.15) is 12.4 Å². The fourth-order valence-corrected chi connectivity index (χ4v) is 1.44. The number of esters is 1. The number of halogens is 4. The van der Waals surface area contributed by atoms with Crippen LogP contribution in [0.5, 0.6) is 0 Å². The lowest BCUT2D eigenvalue weighted by Crippen LogP contribution is -2.22. The summed E-state index contributed by atoms with van der Waals surface area (Å²) in [4.78, 5) is 11.6. The fourth-order valence-electron chi connectivity index (χ4n) is 1.44. The maximum Gasteiger partial charge on any atom is 0.419 e. The van der Waals surface area contributed by atoms with E-state index in [9.17, 15) is 22.4 Å². The van der Waals surface area contributed by atoms with Gasteiger partial charge in [0, 0.05) is 0 Å². The van der Waals surface area contributed by atoms with Gasteiger partial charge in [-0.2, -0.15) is 13.2 Å². The summed E-state index contributed by atoms with van der Waals surface area (Å²) in [6.07, 6.45) is -4.87. The largest absolute Gasteiger partial charge is 0.460 e. The Balaban J connectivity index is 2.67. The van der Waals surface area contributed by atoms with E-state index in [1.54, 1.807) is 0 Å². The van der Waals surface area contributed by atoms with Gasteiger partial charge in [0.25, 0.3) is 0 Å². The van der Waals surface area contributed by atoms with Gasteiger partial charge in [-0.15, -0.1) is 0 Å². The van der Waals surface area contributed by atoms with Crippen LogP contribution >= 0.6 is 0 Å². The molecule has 1 aromatic rings. The maximum absolute atomic E-state index is 13.1. The number of carbonyl (C=O) groups is 1. The summed E-state index contributed by atoms with van der Waals surface area (Å²) in [5.74, 6) is -2.40. The normalized spacial score (nSPS) is 12.3. The lowest BCUT2D eigenvalue weighted by molar-refractivity contribution is -0.140. The quantitative estimate of drug-likeness (QED) is 0.482. The molecule has 0 atom stereocenters. The predicted molar refractivity (Wildman–Crippen MR) is 67.4 cm³/mol. The van der Waals surface area contributed by atoms with Gasteiger partial charge in [0.2, 0.25) is 0 Å². The van der Waals surface area contributed by atoms with Crippen molar-refractivity contribution in [3.63, 3.8) is 0 Å². The third-order valence-electron chi connectivity index (χ3n) is 2.36. The van der Waals surface area contributed by atoms with Crippen molar-refractivity contribution < 1.29 is 31.8 Å². The minimum Gasteiger partial charge on any atom is -0.460 e. The number of carbonyl (C=O) groups excluding carboxylic acids is 1. The van der Waals surface area contributed by atoms with E-state index in [1.165, 1.54) is 0 Å². The molecule has 0 aliphatic carbocycles. The van der Waals surface area contributed by atoms with Crippen molar-refractivity contribution in [2.24, 2.45) is 0 Å². The first kappa shape index (κ1) is 17.4. The molecule has 0 N–H and O–H groups in total. The molecule has 0 fully saturated rings. The number of hydrogen-bond donors (Lipinski definition) is 0. The molecular weight excluding hydrogens is 292 g/mol. The van der Waals surface area contributed by atoms with Crippen molar-refractivity contribution in [1.29, 1.82) is 0 Å². The zero-order valence-electron chi connectivity index (χ0n) is 11.9. The SMILES string of the molecule is CC(C)(C)OCCOC(=O)c1ccc(F)c(C(F)(F)F)c1. The van der Waals surface area contributed by atoms with Crippen LogP contribution in [0.2, 0.25) is 0 Å². The molecule has 1 aromatic carbocycles. The molecule has 1 rings (SSSR count). The maximum atomic E-state index is 13.1. The van der Waals surface area contributed by atoms with Crippen molar-refractivity contribution in [2.75, 3.05) is 13.2 Å². The van der Waals surface area contributed by atoms with Gasteiger partial charge in [-0.3, -0.25) is 0 Å². The van der Waals surface area contributed by atoms with E-state index in [0.717, 1.165) is 6.07 Å². The molecule has 7 heteroatoms. The molecular formula is C14H16F4O3. The predicted octanol–water partition coefficient (Wildman–Crippen LogP) is 3.82. The molecule has 0 saturated carbocycles. The fraction of sp³-hybridized carbons (Fsp3) is 0.500. The minimum atomic E-state index is -4.87. The second-order valence-electron chi connectivity index (χ2n) is 5.29. The molecule has 0 unspecified atom stereocenters. The average Bonchev–Trinajstić information content (AvgIpc) is 2.32. The summed E-state index contributed by atoms with van der Waals surface area (Å²) >= 11 is 0. The van der Waals surface area contributed by atoms with E-state index in [4.69, 9.17) is 9.47 Å². The van der Waals surface area contributed by atoms with Crippen molar-refractivity contribution in [3.05, 3.63) is 35.1 Å². The molecule has 0 heterocycles. The summed E-state index contributed by atoms with van der Waals surface area (Å²) in [5.41, 5.74) is -2.27. The first-order valence-corrected chi connectivity index (χ1v) is 6.18. The highest BCUT2D eigenvalue weighted by Crippen LogP contribution is 2.32. The van der Waals surface area contributed by atoms with Crippen LogP contribution in [0.1, 0.15) is 36.7 Å². The van der Waals surface area contributed by atoms with E-state index in [2.05, 4.69) is 0 Å².